The summed E-state index contributed by atoms with van der Waals surface area (Å²) in [4.78, 5) is 10.6. The van der Waals surface area contributed by atoms with Gasteiger partial charge in [-0.3, -0.25) is 10.1 Å². The molecule has 112 valence electrons. The molecule has 0 heterocycles. The van der Waals surface area contributed by atoms with Gasteiger partial charge in [0.2, 0.25) is 0 Å². The molecule has 0 spiro atoms. The van der Waals surface area contributed by atoms with Crippen LogP contribution in [0.5, 0.6) is 0 Å². The molecule has 0 fully saturated rings. The first kappa shape index (κ1) is 16.4. The summed E-state index contributed by atoms with van der Waals surface area (Å²) in [6.07, 6.45) is 1.81. The van der Waals surface area contributed by atoms with Crippen LogP contribution in [0.2, 0.25) is 0 Å². The third kappa shape index (κ3) is 4.18. The molecule has 3 N–H and O–H groups in total. The third-order valence-corrected chi connectivity index (χ3v) is 3.40. The second kappa shape index (κ2) is 7.21. The quantitative estimate of drug-likeness (QED) is 0.502. The predicted octanol–water partition coefficient (Wildman–Crippen LogP) is 2.28. The zero-order valence-corrected chi connectivity index (χ0v) is 12.3. The van der Waals surface area contributed by atoms with Crippen molar-refractivity contribution >= 4 is 11.4 Å². The first-order chi connectivity index (χ1) is 9.45. The van der Waals surface area contributed by atoms with Crippen LogP contribution in [-0.4, -0.2) is 29.2 Å². The molecule has 0 saturated carbocycles. The maximum atomic E-state index is 11.0. The number of nitro benzene ring substituents is 1. The van der Waals surface area contributed by atoms with Crippen LogP contribution in [0, 0.1) is 10.1 Å². The Morgan fingerprint density at radius 1 is 1.45 bits per heavy atom. The highest BCUT2D eigenvalue weighted by atomic mass is 16.6. The lowest BCUT2D eigenvalue weighted by Crippen LogP contribution is -2.45. The van der Waals surface area contributed by atoms with Crippen LogP contribution < -0.4 is 10.6 Å². The fourth-order valence-electron chi connectivity index (χ4n) is 2.14. The number of benzene rings is 1. The largest absolute Gasteiger partial charge is 0.394 e. The normalized spacial score (nSPS) is 13.8. The molecule has 0 bridgehead atoms. The van der Waals surface area contributed by atoms with E-state index in [1.165, 1.54) is 0 Å². The lowest BCUT2D eigenvalue weighted by molar-refractivity contribution is -0.384. The van der Waals surface area contributed by atoms with Gasteiger partial charge in [-0.1, -0.05) is 19.4 Å². The maximum absolute atomic E-state index is 11.0. The van der Waals surface area contributed by atoms with Gasteiger partial charge in [-0.25, -0.2) is 0 Å². The Hall–Kier alpha value is -1.66. The summed E-state index contributed by atoms with van der Waals surface area (Å²) in [7, 11) is 1.66. The minimum Gasteiger partial charge on any atom is -0.394 e. The molecule has 6 nitrogen and oxygen atoms in total. The van der Waals surface area contributed by atoms with Crippen LogP contribution in [0.25, 0.3) is 0 Å². The second-order valence-corrected chi connectivity index (χ2v) is 5.18. The summed E-state index contributed by atoms with van der Waals surface area (Å²) in [6.45, 7) is 4.54. The molecule has 1 aromatic rings. The number of anilines is 1. The average Bonchev–Trinajstić information content (AvgIpc) is 2.45. The Labute approximate surface area is 119 Å². The zero-order valence-electron chi connectivity index (χ0n) is 12.3. The van der Waals surface area contributed by atoms with Crippen LogP contribution in [-0.2, 0) is 6.54 Å². The van der Waals surface area contributed by atoms with E-state index in [0.717, 1.165) is 18.4 Å². The van der Waals surface area contributed by atoms with Gasteiger partial charge in [-0.05, 0) is 25.0 Å². The molecule has 0 aliphatic rings. The van der Waals surface area contributed by atoms with Crippen LogP contribution in [0.3, 0.4) is 0 Å². The van der Waals surface area contributed by atoms with E-state index in [4.69, 9.17) is 0 Å². The number of aliphatic hydroxyl groups excluding tert-OH is 1. The van der Waals surface area contributed by atoms with E-state index in [1.54, 1.807) is 19.2 Å². The lowest BCUT2D eigenvalue weighted by atomic mass is 9.97. The molecule has 1 aromatic carbocycles. The monoisotopic (exact) mass is 281 g/mol. The van der Waals surface area contributed by atoms with Crippen molar-refractivity contribution in [3.8, 4) is 0 Å². The van der Waals surface area contributed by atoms with Crippen molar-refractivity contribution in [1.29, 1.82) is 0 Å². The Morgan fingerprint density at radius 2 is 2.15 bits per heavy atom. The average molecular weight is 281 g/mol. The van der Waals surface area contributed by atoms with Gasteiger partial charge < -0.3 is 15.7 Å². The van der Waals surface area contributed by atoms with Gasteiger partial charge in [0, 0.05) is 25.2 Å². The van der Waals surface area contributed by atoms with Crippen LogP contribution in [0.15, 0.2) is 18.2 Å². The second-order valence-electron chi connectivity index (χ2n) is 5.18. The van der Waals surface area contributed by atoms with Crippen molar-refractivity contribution in [2.45, 2.75) is 38.8 Å². The van der Waals surface area contributed by atoms with E-state index < -0.39 is 4.92 Å². The Morgan fingerprint density at radius 3 is 2.65 bits per heavy atom. The van der Waals surface area contributed by atoms with Crippen molar-refractivity contribution in [3.05, 3.63) is 33.9 Å². The molecule has 0 aliphatic heterocycles. The molecule has 1 atom stereocenters. The Bertz CT molecular complexity index is 465. The standard InChI is InChI=1S/C14H23N3O3/c1-4-7-14(2,10-18)16-9-11-5-6-12(15-3)13(8-11)17(19)20/h5-6,8,15-16,18H,4,7,9-10H2,1-3H3. The van der Waals surface area contributed by atoms with E-state index in [-0.39, 0.29) is 17.8 Å². The first-order valence-electron chi connectivity index (χ1n) is 6.76. The number of hydrogen-bond donors (Lipinski definition) is 3. The molecule has 0 saturated heterocycles. The molecule has 1 unspecified atom stereocenters. The topological polar surface area (TPSA) is 87.4 Å². The highest BCUT2D eigenvalue weighted by molar-refractivity contribution is 5.62. The number of nitrogens with one attached hydrogen (secondary N) is 2. The van der Waals surface area contributed by atoms with Gasteiger partial charge in [0.25, 0.3) is 5.69 Å². The molecule has 20 heavy (non-hydrogen) atoms. The molecular formula is C14H23N3O3. The van der Waals surface area contributed by atoms with Crippen molar-refractivity contribution < 1.29 is 10.0 Å². The third-order valence-electron chi connectivity index (χ3n) is 3.40. The molecule has 0 aromatic heterocycles. The maximum Gasteiger partial charge on any atom is 0.292 e. The molecule has 0 radical (unpaired) electrons. The van der Waals surface area contributed by atoms with Gasteiger partial charge >= 0.3 is 0 Å². The van der Waals surface area contributed by atoms with Crippen molar-refractivity contribution in [2.24, 2.45) is 0 Å². The minimum absolute atomic E-state index is 0.0392. The fraction of sp³-hybridized carbons (Fsp3) is 0.571. The summed E-state index contributed by atoms with van der Waals surface area (Å²) in [5.74, 6) is 0. The molecular weight excluding hydrogens is 258 g/mol. The minimum atomic E-state index is -0.396. The Balaban J connectivity index is 2.83. The van der Waals surface area contributed by atoms with E-state index in [1.807, 2.05) is 13.0 Å². The highest BCUT2D eigenvalue weighted by Gasteiger charge is 2.21. The van der Waals surface area contributed by atoms with Crippen LogP contribution in [0.4, 0.5) is 11.4 Å². The number of nitro groups is 1. The summed E-state index contributed by atoms with van der Waals surface area (Å²) in [6, 6.07) is 5.10. The van der Waals surface area contributed by atoms with E-state index in [0.29, 0.717) is 12.2 Å². The summed E-state index contributed by atoms with van der Waals surface area (Å²) < 4.78 is 0. The lowest BCUT2D eigenvalue weighted by Gasteiger charge is -2.28. The van der Waals surface area contributed by atoms with E-state index in [9.17, 15) is 15.2 Å². The van der Waals surface area contributed by atoms with Gasteiger partial charge in [0.05, 0.1) is 11.5 Å². The molecule has 0 amide bonds. The number of nitrogens with zero attached hydrogens (tertiary/aromatic N) is 1. The van der Waals surface area contributed by atoms with Crippen LogP contribution in [0.1, 0.15) is 32.3 Å². The fourth-order valence-corrected chi connectivity index (χ4v) is 2.14. The summed E-state index contributed by atoms with van der Waals surface area (Å²) in [5, 5.41) is 26.5. The molecule has 6 heteroatoms. The SMILES string of the molecule is CCCC(C)(CO)NCc1ccc(NC)c([N+](=O)[O-])c1. The number of aliphatic hydroxyl groups is 1. The van der Waals surface area contributed by atoms with Gasteiger partial charge in [0.15, 0.2) is 0 Å². The number of hydrogen-bond acceptors (Lipinski definition) is 5. The zero-order chi connectivity index (χ0) is 15.2. The van der Waals surface area contributed by atoms with Crippen molar-refractivity contribution in [2.75, 3.05) is 19.0 Å². The predicted molar refractivity (Wildman–Crippen MR) is 79.9 cm³/mol. The molecule has 1 rings (SSSR count). The Kier molecular flexibility index (Phi) is 5.91. The van der Waals surface area contributed by atoms with Crippen LogP contribution >= 0.6 is 0 Å². The summed E-state index contributed by atoms with van der Waals surface area (Å²) in [5.41, 5.74) is 1.03. The smallest absolute Gasteiger partial charge is 0.292 e. The van der Waals surface area contributed by atoms with Gasteiger partial charge in [-0.15, -0.1) is 0 Å². The van der Waals surface area contributed by atoms with E-state index in [2.05, 4.69) is 17.6 Å². The van der Waals surface area contributed by atoms with Gasteiger partial charge in [-0.2, -0.15) is 0 Å². The first-order valence-corrected chi connectivity index (χ1v) is 6.76. The van der Waals surface area contributed by atoms with Crippen molar-refractivity contribution in [1.82, 2.24) is 5.32 Å². The van der Waals surface area contributed by atoms with Crippen molar-refractivity contribution in [3.63, 3.8) is 0 Å². The number of rotatable bonds is 8. The highest BCUT2D eigenvalue weighted by Crippen LogP contribution is 2.25. The molecule has 0 aliphatic carbocycles. The van der Waals surface area contributed by atoms with E-state index >= 15 is 0 Å². The summed E-state index contributed by atoms with van der Waals surface area (Å²) >= 11 is 0. The van der Waals surface area contributed by atoms with Gasteiger partial charge in [0.1, 0.15) is 5.69 Å².